The Labute approximate surface area is 106 Å². The number of alkyl halides is 3. The van der Waals surface area contributed by atoms with Crippen LogP contribution in [0.5, 0.6) is 0 Å². The molecule has 2 heterocycles. The molecular weight excluding hydrogens is 261 g/mol. The summed E-state index contributed by atoms with van der Waals surface area (Å²) in [5.74, 6) is 0. The molecule has 0 aromatic carbocycles. The fourth-order valence-electron chi connectivity index (χ4n) is 1.44. The zero-order valence-electron chi connectivity index (χ0n) is 9.96. The molecule has 8 heteroatoms. The summed E-state index contributed by atoms with van der Waals surface area (Å²) in [7, 11) is 0. The predicted molar refractivity (Wildman–Crippen MR) is 59.1 cm³/mol. The maximum absolute atomic E-state index is 12.3. The summed E-state index contributed by atoms with van der Waals surface area (Å²) in [5.41, 5.74) is 1.10. The lowest BCUT2D eigenvalue weighted by Gasteiger charge is -2.10. The van der Waals surface area contributed by atoms with Crippen LogP contribution in [0.15, 0.2) is 24.5 Å². The van der Waals surface area contributed by atoms with E-state index in [1.165, 1.54) is 4.68 Å². The average molecular weight is 272 g/mol. The van der Waals surface area contributed by atoms with Gasteiger partial charge in [0.15, 0.2) is 6.10 Å². The molecule has 0 amide bonds. The topological polar surface area (TPSA) is 63.8 Å². The normalized spacial score (nSPS) is 13.5. The fourth-order valence-corrected chi connectivity index (χ4v) is 1.44. The Kier molecular flexibility index (Phi) is 3.52. The first-order chi connectivity index (χ1) is 8.86. The van der Waals surface area contributed by atoms with Gasteiger partial charge in [0.1, 0.15) is 5.69 Å². The van der Waals surface area contributed by atoms with Crippen LogP contribution in [-0.4, -0.2) is 31.3 Å². The van der Waals surface area contributed by atoms with Crippen LogP contribution in [-0.2, 0) is 6.54 Å². The van der Waals surface area contributed by atoms with Gasteiger partial charge >= 0.3 is 6.18 Å². The lowest BCUT2D eigenvalue weighted by atomic mass is 10.2. The molecule has 2 rings (SSSR count). The molecule has 0 aliphatic heterocycles. The maximum Gasteiger partial charge on any atom is 0.420 e. The zero-order valence-corrected chi connectivity index (χ0v) is 9.96. The predicted octanol–water partition coefficient (Wildman–Crippen LogP) is 1.63. The lowest BCUT2D eigenvalue weighted by Crippen LogP contribution is -2.20. The monoisotopic (exact) mass is 272 g/mol. The van der Waals surface area contributed by atoms with Crippen molar-refractivity contribution in [3.8, 4) is 0 Å². The van der Waals surface area contributed by atoms with Crippen LogP contribution in [0, 0.1) is 6.92 Å². The van der Waals surface area contributed by atoms with E-state index < -0.39 is 18.0 Å². The summed E-state index contributed by atoms with van der Waals surface area (Å²) in [5, 5.41) is 15.9. The molecule has 0 radical (unpaired) electrons. The van der Waals surface area contributed by atoms with Crippen LogP contribution >= 0.6 is 0 Å². The molecule has 0 aliphatic carbocycles. The second-order valence-corrected chi connectivity index (χ2v) is 4.11. The van der Waals surface area contributed by atoms with Crippen LogP contribution in [0.1, 0.15) is 23.1 Å². The number of aromatic nitrogens is 4. The largest absolute Gasteiger partial charge is 0.420 e. The second-order valence-electron chi connectivity index (χ2n) is 4.11. The zero-order chi connectivity index (χ0) is 14.0. The Morgan fingerprint density at radius 2 is 2.11 bits per heavy atom. The van der Waals surface area contributed by atoms with Gasteiger partial charge in [0.05, 0.1) is 18.4 Å². The first-order valence-corrected chi connectivity index (χ1v) is 5.42. The van der Waals surface area contributed by atoms with Crippen molar-refractivity contribution in [2.45, 2.75) is 25.7 Å². The summed E-state index contributed by atoms with van der Waals surface area (Å²) in [6.45, 7) is 2.07. The molecule has 2 aromatic rings. The molecule has 1 N–H and O–H groups in total. The lowest BCUT2D eigenvalue weighted by molar-refractivity contribution is -0.208. The van der Waals surface area contributed by atoms with Crippen molar-refractivity contribution < 1.29 is 18.3 Å². The van der Waals surface area contributed by atoms with Gasteiger partial charge in [0, 0.05) is 6.20 Å². The van der Waals surface area contributed by atoms with Gasteiger partial charge in [-0.3, -0.25) is 4.98 Å². The molecule has 2 aromatic heterocycles. The van der Waals surface area contributed by atoms with Crippen molar-refractivity contribution in [2.24, 2.45) is 0 Å². The molecule has 5 nitrogen and oxygen atoms in total. The van der Waals surface area contributed by atoms with E-state index in [1.807, 2.05) is 13.0 Å². The number of rotatable bonds is 3. The van der Waals surface area contributed by atoms with Gasteiger partial charge in [-0.25, -0.2) is 4.68 Å². The minimum absolute atomic E-state index is 0.192. The smallest absolute Gasteiger partial charge is 0.378 e. The Hall–Kier alpha value is -1.96. The Morgan fingerprint density at radius 1 is 1.37 bits per heavy atom. The summed E-state index contributed by atoms with van der Waals surface area (Å²) in [6, 6.07) is 3.58. The van der Waals surface area contributed by atoms with E-state index in [9.17, 15) is 13.2 Å². The highest BCUT2D eigenvalue weighted by atomic mass is 19.4. The van der Waals surface area contributed by atoms with Gasteiger partial charge in [-0.2, -0.15) is 13.2 Å². The first-order valence-electron chi connectivity index (χ1n) is 5.42. The van der Waals surface area contributed by atoms with E-state index in [1.54, 1.807) is 12.3 Å². The van der Waals surface area contributed by atoms with Crippen LogP contribution in [0.2, 0.25) is 0 Å². The van der Waals surface area contributed by atoms with Crippen molar-refractivity contribution in [1.29, 1.82) is 0 Å². The molecule has 0 saturated heterocycles. The van der Waals surface area contributed by atoms with Gasteiger partial charge in [0.25, 0.3) is 0 Å². The van der Waals surface area contributed by atoms with E-state index in [-0.39, 0.29) is 6.54 Å². The van der Waals surface area contributed by atoms with Gasteiger partial charge < -0.3 is 5.11 Å². The van der Waals surface area contributed by atoms with Crippen LogP contribution in [0.3, 0.4) is 0 Å². The quantitative estimate of drug-likeness (QED) is 0.922. The van der Waals surface area contributed by atoms with Crippen molar-refractivity contribution in [2.75, 3.05) is 0 Å². The molecule has 19 heavy (non-hydrogen) atoms. The van der Waals surface area contributed by atoms with E-state index in [0.717, 1.165) is 11.8 Å². The highest BCUT2D eigenvalue weighted by Crippen LogP contribution is 2.30. The molecular formula is C11H11F3N4O. The summed E-state index contributed by atoms with van der Waals surface area (Å²) in [4.78, 5) is 4.10. The molecule has 0 bridgehead atoms. The molecule has 102 valence electrons. The number of aryl methyl sites for hydroxylation is 1. The third-order valence-electron chi connectivity index (χ3n) is 2.44. The van der Waals surface area contributed by atoms with Crippen LogP contribution < -0.4 is 0 Å². The van der Waals surface area contributed by atoms with Crippen molar-refractivity contribution in [1.82, 2.24) is 20.0 Å². The van der Waals surface area contributed by atoms with Gasteiger partial charge in [0.2, 0.25) is 0 Å². The van der Waals surface area contributed by atoms with E-state index >= 15 is 0 Å². The standard InChI is InChI=1S/C11H11F3N4O/c1-7-2-3-8(15-4-7)5-18-6-9(16-17-18)10(19)11(12,13)14/h2-4,6,10,19H,5H2,1H3. The number of aliphatic hydroxyl groups is 1. The number of halogens is 3. The van der Waals surface area contributed by atoms with E-state index in [0.29, 0.717) is 5.69 Å². The number of aliphatic hydroxyl groups excluding tert-OH is 1. The Bertz CT molecular complexity index is 550. The minimum Gasteiger partial charge on any atom is -0.378 e. The van der Waals surface area contributed by atoms with E-state index in [4.69, 9.17) is 5.11 Å². The number of hydrogen-bond donors (Lipinski definition) is 1. The molecule has 1 unspecified atom stereocenters. The van der Waals surface area contributed by atoms with E-state index in [2.05, 4.69) is 15.3 Å². The van der Waals surface area contributed by atoms with Crippen LogP contribution in [0.25, 0.3) is 0 Å². The number of pyridine rings is 1. The molecule has 0 aliphatic rings. The summed E-state index contributed by atoms with van der Waals surface area (Å²) >= 11 is 0. The molecule has 0 fully saturated rings. The number of nitrogens with zero attached hydrogens (tertiary/aromatic N) is 4. The fraction of sp³-hybridized carbons (Fsp3) is 0.364. The SMILES string of the molecule is Cc1ccc(Cn2cc(C(O)C(F)(F)F)nn2)nc1. The average Bonchev–Trinajstić information content (AvgIpc) is 2.78. The van der Waals surface area contributed by atoms with Gasteiger partial charge in [-0.05, 0) is 18.6 Å². The first kappa shape index (κ1) is 13.5. The summed E-state index contributed by atoms with van der Waals surface area (Å²) in [6.07, 6.45) is -4.66. The highest BCUT2D eigenvalue weighted by molar-refractivity contribution is 5.12. The maximum atomic E-state index is 12.3. The van der Waals surface area contributed by atoms with Crippen molar-refractivity contribution in [3.63, 3.8) is 0 Å². The Morgan fingerprint density at radius 3 is 2.68 bits per heavy atom. The Balaban J connectivity index is 2.11. The minimum atomic E-state index is -4.75. The van der Waals surface area contributed by atoms with Gasteiger partial charge in [-0.15, -0.1) is 5.10 Å². The summed E-state index contributed by atoms with van der Waals surface area (Å²) < 4.78 is 38.0. The third-order valence-corrected chi connectivity index (χ3v) is 2.44. The highest BCUT2D eigenvalue weighted by Gasteiger charge is 2.41. The second kappa shape index (κ2) is 4.96. The molecule has 0 saturated carbocycles. The third kappa shape index (κ3) is 3.28. The number of hydrogen-bond acceptors (Lipinski definition) is 4. The van der Waals surface area contributed by atoms with Crippen molar-refractivity contribution >= 4 is 0 Å². The molecule has 1 atom stereocenters. The van der Waals surface area contributed by atoms with Crippen molar-refractivity contribution in [3.05, 3.63) is 41.5 Å². The van der Waals surface area contributed by atoms with Gasteiger partial charge in [-0.1, -0.05) is 11.3 Å². The van der Waals surface area contributed by atoms with Crippen LogP contribution in [0.4, 0.5) is 13.2 Å². The molecule has 0 spiro atoms.